The van der Waals surface area contributed by atoms with Crippen LogP contribution in [0, 0.1) is 0 Å². The lowest BCUT2D eigenvalue weighted by Gasteiger charge is -2.25. The first kappa shape index (κ1) is 8.65. The molecule has 0 aromatic rings. The molecule has 0 aliphatic carbocycles. The highest BCUT2D eigenvalue weighted by Gasteiger charge is 2.27. The second-order valence-corrected chi connectivity index (χ2v) is 9.37. The normalized spacial score (nSPS) is 19.2. The molecule has 0 radical (unpaired) electrons. The van der Waals surface area contributed by atoms with E-state index in [1.165, 1.54) is 0 Å². The summed E-state index contributed by atoms with van der Waals surface area (Å²) >= 11 is 0. The van der Waals surface area contributed by atoms with E-state index in [4.69, 9.17) is 0 Å². The number of hydrogen-bond acceptors (Lipinski definition) is 2. The molecule has 64 valence electrons. The van der Waals surface area contributed by atoms with Gasteiger partial charge >= 0.3 is 0 Å². The van der Waals surface area contributed by atoms with Crippen LogP contribution in [0.5, 0.6) is 0 Å². The minimum Gasteiger partial charge on any atom is -0.363 e. The topological polar surface area (TPSA) is 6.48 Å². The summed E-state index contributed by atoms with van der Waals surface area (Å²) in [5.41, 5.74) is 0. The first-order valence-corrected chi connectivity index (χ1v) is 7.55. The van der Waals surface area contributed by atoms with E-state index in [-0.39, 0.29) is 0 Å². The molecule has 0 fully saturated rings. The van der Waals surface area contributed by atoms with Gasteiger partial charge in [-0.25, -0.2) is 0 Å². The minimum absolute atomic E-state index is 1.06. The van der Waals surface area contributed by atoms with Gasteiger partial charge in [0.1, 0.15) is 0 Å². The van der Waals surface area contributed by atoms with Crippen LogP contribution < -0.4 is 0 Å². The number of nitrogens with zero attached hydrogens (tertiary/aromatic N) is 2. The smallest absolute Gasteiger partial charge is 0.0999 e. The highest BCUT2D eigenvalue weighted by Crippen LogP contribution is 2.22. The summed E-state index contributed by atoms with van der Waals surface area (Å²) < 4.78 is 0. The molecule has 0 aromatic carbocycles. The zero-order chi connectivity index (χ0) is 8.65. The molecule has 0 amide bonds. The Balaban J connectivity index is 2.80. The van der Waals surface area contributed by atoms with Crippen LogP contribution in [0.15, 0.2) is 11.5 Å². The van der Waals surface area contributed by atoms with E-state index in [9.17, 15) is 0 Å². The molecule has 0 unspecified atom stereocenters. The standard InChI is InChI=1S/C8H18N2Si/c1-9-6-8(10(2)7-9)11(3,4)5/h6H,7H2,1-5H3. The SMILES string of the molecule is CN1C=C([Si](C)(C)C)N(C)C1. The molecule has 1 aliphatic heterocycles. The summed E-state index contributed by atoms with van der Waals surface area (Å²) in [6.45, 7) is 8.21. The molecule has 1 aliphatic rings. The Morgan fingerprint density at radius 1 is 1.27 bits per heavy atom. The average molecular weight is 170 g/mol. The zero-order valence-corrected chi connectivity index (χ0v) is 9.18. The molecule has 0 bridgehead atoms. The Labute approximate surface area is 70.5 Å². The fraction of sp³-hybridized carbons (Fsp3) is 0.750. The van der Waals surface area contributed by atoms with E-state index >= 15 is 0 Å². The van der Waals surface area contributed by atoms with Gasteiger partial charge in [0, 0.05) is 25.6 Å². The van der Waals surface area contributed by atoms with E-state index < -0.39 is 8.07 Å². The van der Waals surface area contributed by atoms with Crippen LogP contribution in [0.25, 0.3) is 0 Å². The number of hydrogen-bond donors (Lipinski definition) is 0. The lowest BCUT2D eigenvalue weighted by Crippen LogP contribution is -2.33. The van der Waals surface area contributed by atoms with E-state index in [1.807, 2.05) is 0 Å². The fourth-order valence-corrected chi connectivity index (χ4v) is 3.35. The van der Waals surface area contributed by atoms with Crippen molar-refractivity contribution in [2.24, 2.45) is 0 Å². The Bertz CT molecular complexity index is 181. The van der Waals surface area contributed by atoms with Crippen LogP contribution >= 0.6 is 0 Å². The summed E-state index contributed by atoms with van der Waals surface area (Å²) in [6, 6.07) is 0. The van der Waals surface area contributed by atoms with Crippen molar-refractivity contribution in [2.45, 2.75) is 19.6 Å². The predicted octanol–water partition coefficient (Wildman–Crippen LogP) is 1.54. The molecule has 3 heteroatoms. The zero-order valence-electron chi connectivity index (χ0n) is 8.18. The van der Waals surface area contributed by atoms with E-state index in [1.54, 1.807) is 5.32 Å². The largest absolute Gasteiger partial charge is 0.363 e. The average Bonchev–Trinajstić information content (AvgIpc) is 2.08. The van der Waals surface area contributed by atoms with Gasteiger partial charge in [0.2, 0.25) is 0 Å². The first-order chi connectivity index (χ1) is 4.91. The van der Waals surface area contributed by atoms with Crippen LogP contribution in [0.1, 0.15) is 0 Å². The molecule has 0 saturated heterocycles. The highest BCUT2D eigenvalue weighted by atomic mass is 28.3. The van der Waals surface area contributed by atoms with Gasteiger partial charge in [-0.05, 0) is 0 Å². The van der Waals surface area contributed by atoms with Crippen molar-refractivity contribution in [1.29, 1.82) is 0 Å². The molecule has 0 N–H and O–H groups in total. The molecular weight excluding hydrogens is 152 g/mol. The lowest BCUT2D eigenvalue weighted by atomic mass is 10.8. The summed E-state index contributed by atoms with van der Waals surface area (Å²) in [5, 5.41) is 1.56. The Morgan fingerprint density at radius 3 is 2.00 bits per heavy atom. The second-order valence-electron chi connectivity index (χ2n) is 4.36. The summed E-state index contributed by atoms with van der Waals surface area (Å²) in [4.78, 5) is 4.60. The number of rotatable bonds is 1. The molecule has 0 spiro atoms. The molecule has 1 rings (SSSR count). The van der Waals surface area contributed by atoms with Gasteiger partial charge in [-0.2, -0.15) is 0 Å². The fourth-order valence-electron chi connectivity index (χ4n) is 1.53. The summed E-state index contributed by atoms with van der Waals surface area (Å²) in [6.07, 6.45) is 2.28. The van der Waals surface area contributed by atoms with E-state index in [0.29, 0.717) is 0 Å². The van der Waals surface area contributed by atoms with Crippen molar-refractivity contribution in [3.8, 4) is 0 Å². The third-order valence-electron chi connectivity index (χ3n) is 1.96. The second kappa shape index (κ2) is 2.55. The van der Waals surface area contributed by atoms with E-state index in [2.05, 4.69) is 49.7 Å². The van der Waals surface area contributed by atoms with Crippen LogP contribution in [0.3, 0.4) is 0 Å². The van der Waals surface area contributed by atoms with Gasteiger partial charge in [0.05, 0.1) is 14.7 Å². The van der Waals surface area contributed by atoms with Crippen molar-refractivity contribution in [3.63, 3.8) is 0 Å². The van der Waals surface area contributed by atoms with Gasteiger partial charge in [-0.1, -0.05) is 19.6 Å². The maximum atomic E-state index is 2.38. The van der Waals surface area contributed by atoms with Gasteiger partial charge in [-0.3, -0.25) is 0 Å². The molecular formula is C8H18N2Si. The summed E-state index contributed by atoms with van der Waals surface area (Å²) in [5.74, 6) is 0. The van der Waals surface area contributed by atoms with E-state index in [0.717, 1.165) is 6.67 Å². The highest BCUT2D eigenvalue weighted by molar-refractivity contribution is 6.82. The molecule has 2 nitrogen and oxygen atoms in total. The van der Waals surface area contributed by atoms with Gasteiger partial charge in [-0.15, -0.1) is 0 Å². The Morgan fingerprint density at radius 2 is 1.82 bits per heavy atom. The van der Waals surface area contributed by atoms with Gasteiger partial charge in [0.25, 0.3) is 0 Å². The van der Waals surface area contributed by atoms with Crippen LogP contribution in [0.2, 0.25) is 19.6 Å². The van der Waals surface area contributed by atoms with Crippen molar-refractivity contribution in [1.82, 2.24) is 9.80 Å². The molecule has 0 atom stereocenters. The van der Waals surface area contributed by atoms with Crippen molar-refractivity contribution < 1.29 is 0 Å². The molecule has 0 saturated carbocycles. The maximum absolute atomic E-state index is 2.38. The van der Waals surface area contributed by atoms with Gasteiger partial charge < -0.3 is 9.80 Å². The third-order valence-corrected chi connectivity index (χ3v) is 4.01. The first-order valence-electron chi connectivity index (χ1n) is 4.05. The van der Waals surface area contributed by atoms with Crippen LogP contribution in [0.4, 0.5) is 0 Å². The van der Waals surface area contributed by atoms with Gasteiger partial charge in [0.15, 0.2) is 0 Å². The van der Waals surface area contributed by atoms with Crippen molar-refractivity contribution in [2.75, 3.05) is 20.8 Å². The van der Waals surface area contributed by atoms with Crippen LogP contribution in [-0.4, -0.2) is 38.6 Å². The van der Waals surface area contributed by atoms with Crippen molar-refractivity contribution >= 4 is 8.07 Å². The quantitative estimate of drug-likeness (QED) is 0.551. The molecule has 11 heavy (non-hydrogen) atoms. The Kier molecular flexibility index (Phi) is 2.01. The molecule has 0 aromatic heterocycles. The monoisotopic (exact) mass is 170 g/mol. The lowest BCUT2D eigenvalue weighted by molar-refractivity contribution is 0.334. The Hall–Kier alpha value is -0.443. The molecule has 1 heterocycles. The maximum Gasteiger partial charge on any atom is 0.0999 e. The third kappa shape index (κ3) is 1.77. The van der Waals surface area contributed by atoms with Crippen molar-refractivity contribution in [3.05, 3.63) is 11.5 Å². The summed E-state index contributed by atoms with van der Waals surface area (Å²) in [7, 11) is 3.22. The van der Waals surface area contributed by atoms with Crippen LogP contribution in [-0.2, 0) is 0 Å². The predicted molar refractivity (Wildman–Crippen MR) is 51.8 cm³/mol. The minimum atomic E-state index is -1.08.